The van der Waals surface area contributed by atoms with Crippen molar-refractivity contribution in [2.75, 3.05) is 18.4 Å². The predicted octanol–water partition coefficient (Wildman–Crippen LogP) is 0.808. The zero-order valence-electron chi connectivity index (χ0n) is 10.0. The second-order valence-electron chi connectivity index (χ2n) is 4.00. The molecule has 2 amide bonds. The first kappa shape index (κ1) is 12.9. The van der Waals surface area contributed by atoms with Crippen LogP contribution in [0.2, 0.25) is 0 Å². The lowest BCUT2D eigenvalue weighted by Crippen LogP contribution is -2.30. The summed E-state index contributed by atoms with van der Waals surface area (Å²) in [7, 11) is 0. The van der Waals surface area contributed by atoms with Crippen LogP contribution in [0.5, 0.6) is 0 Å². The third-order valence-electron chi connectivity index (χ3n) is 2.60. The van der Waals surface area contributed by atoms with E-state index in [1.54, 1.807) is 12.1 Å². The molecule has 18 heavy (non-hydrogen) atoms. The minimum Gasteiger partial charge on any atom is -0.351 e. The van der Waals surface area contributed by atoms with Crippen molar-refractivity contribution in [2.24, 2.45) is 5.73 Å². The highest BCUT2D eigenvalue weighted by Gasteiger charge is 2.23. The van der Waals surface area contributed by atoms with Gasteiger partial charge in [0.2, 0.25) is 5.91 Å². The Morgan fingerprint density at radius 1 is 1.56 bits per heavy atom. The van der Waals surface area contributed by atoms with Crippen LogP contribution in [0, 0.1) is 0 Å². The number of carbonyl (C=O) groups is 2. The molecule has 1 unspecified atom stereocenters. The van der Waals surface area contributed by atoms with Crippen LogP contribution in [0.4, 0.5) is 5.69 Å². The van der Waals surface area contributed by atoms with Crippen LogP contribution < -0.4 is 16.4 Å². The van der Waals surface area contributed by atoms with Gasteiger partial charge in [0, 0.05) is 23.5 Å². The van der Waals surface area contributed by atoms with Crippen molar-refractivity contribution in [3.63, 3.8) is 0 Å². The third-order valence-corrected chi connectivity index (χ3v) is 3.78. The Kier molecular flexibility index (Phi) is 3.88. The smallest absolute Gasteiger partial charge is 0.251 e. The molecule has 96 valence electrons. The molecule has 1 atom stereocenters. The second kappa shape index (κ2) is 5.41. The predicted molar refractivity (Wildman–Crippen MR) is 71.8 cm³/mol. The van der Waals surface area contributed by atoms with Gasteiger partial charge in [-0.15, -0.1) is 11.8 Å². The number of amides is 2. The molecular weight excluding hydrogens is 250 g/mol. The maximum Gasteiger partial charge on any atom is 0.251 e. The zero-order chi connectivity index (χ0) is 13.1. The Labute approximate surface area is 110 Å². The van der Waals surface area contributed by atoms with E-state index in [2.05, 4.69) is 10.6 Å². The van der Waals surface area contributed by atoms with Crippen LogP contribution in [0.25, 0.3) is 0 Å². The van der Waals surface area contributed by atoms with Gasteiger partial charge in [0.1, 0.15) is 0 Å². The summed E-state index contributed by atoms with van der Waals surface area (Å²) < 4.78 is 0. The van der Waals surface area contributed by atoms with E-state index in [0.29, 0.717) is 24.3 Å². The fraction of sp³-hybridized carbons (Fsp3) is 0.333. The molecular formula is C12H15N3O2S. The third kappa shape index (κ3) is 2.65. The second-order valence-corrected chi connectivity index (χ2v) is 5.39. The summed E-state index contributed by atoms with van der Waals surface area (Å²) >= 11 is 1.49. The SMILES string of the molecule is CC1Sc2ccc(C(=O)NCCN)cc2NC1=O. The fourth-order valence-electron chi connectivity index (χ4n) is 1.64. The number of nitrogens with one attached hydrogen (secondary N) is 2. The van der Waals surface area contributed by atoms with Gasteiger partial charge < -0.3 is 16.4 Å². The number of anilines is 1. The number of hydrogen-bond acceptors (Lipinski definition) is 4. The van der Waals surface area contributed by atoms with E-state index in [9.17, 15) is 9.59 Å². The zero-order valence-corrected chi connectivity index (χ0v) is 10.8. The first-order valence-corrected chi connectivity index (χ1v) is 6.59. The molecule has 5 nitrogen and oxygen atoms in total. The Balaban J connectivity index is 2.19. The number of carbonyl (C=O) groups excluding carboxylic acids is 2. The van der Waals surface area contributed by atoms with Crippen LogP contribution in [0.3, 0.4) is 0 Å². The molecule has 0 aromatic heterocycles. The van der Waals surface area contributed by atoms with E-state index in [1.807, 2.05) is 13.0 Å². The number of hydrogen-bond donors (Lipinski definition) is 3. The van der Waals surface area contributed by atoms with Crippen LogP contribution in [0.15, 0.2) is 23.1 Å². The molecule has 0 saturated carbocycles. The quantitative estimate of drug-likeness (QED) is 0.755. The van der Waals surface area contributed by atoms with Crippen molar-refractivity contribution in [3.8, 4) is 0 Å². The normalized spacial score (nSPS) is 17.9. The number of rotatable bonds is 3. The molecule has 2 rings (SSSR count). The Morgan fingerprint density at radius 2 is 2.33 bits per heavy atom. The number of thioether (sulfide) groups is 1. The summed E-state index contributed by atoms with van der Waals surface area (Å²) in [6.07, 6.45) is 0. The largest absolute Gasteiger partial charge is 0.351 e. The molecule has 0 radical (unpaired) electrons. The van der Waals surface area contributed by atoms with Crippen molar-refractivity contribution < 1.29 is 9.59 Å². The minimum absolute atomic E-state index is 0.0352. The van der Waals surface area contributed by atoms with Gasteiger partial charge in [-0.05, 0) is 25.1 Å². The van der Waals surface area contributed by atoms with Crippen molar-refractivity contribution >= 4 is 29.3 Å². The fourth-order valence-corrected chi connectivity index (χ4v) is 2.57. The average Bonchev–Trinajstić information content (AvgIpc) is 2.36. The molecule has 0 aliphatic carbocycles. The number of nitrogens with two attached hydrogens (primary N) is 1. The van der Waals surface area contributed by atoms with Crippen molar-refractivity contribution in [3.05, 3.63) is 23.8 Å². The van der Waals surface area contributed by atoms with Gasteiger partial charge in [-0.25, -0.2) is 0 Å². The summed E-state index contributed by atoms with van der Waals surface area (Å²) in [5, 5.41) is 5.39. The lowest BCUT2D eigenvalue weighted by molar-refractivity contribution is -0.115. The molecule has 1 aromatic rings. The highest BCUT2D eigenvalue weighted by Crippen LogP contribution is 2.35. The molecule has 0 fully saturated rings. The lowest BCUT2D eigenvalue weighted by atomic mass is 10.1. The van der Waals surface area contributed by atoms with Crippen LogP contribution in [0.1, 0.15) is 17.3 Å². The van der Waals surface area contributed by atoms with Crippen LogP contribution in [-0.2, 0) is 4.79 Å². The maximum absolute atomic E-state index is 11.7. The van der Waals surface area contributed by atoms with Gasteiger partial charge in [0.05, 0.1) is 10.9 Å². The Hall–Kier alpha value is -1.53. The van der Waals surface area contributed by atoms with Gasteiger partial charge in [-0.3, -0.25) is 9.59 Å². The summed E-state index contributed by atoms with van der Waals surface area (Å²) in [4.78, 5) is 24.3. The summed E-state index contributed by atoms with van der Waals surface area (Å²) in [5.41, 5.74) is 6.55. The summed E-state index contributed by atoms with van der Waals surface area (Å²) in [6.45, 7) is 2.69. The van der Waals surface area contributed by atoms with Crippen LogP contribution >= 0.6 is 11.8 Å². The monoisotopic (exact) mass is 265 g/mol. The van der Waals surface area contributed by atoms with Crippen molar-refractivity contribution in [1.82, 2.24) is 5.32 Å². The van der Waals surface area contributed by atoms with E-state index in [4.69, 9.17) is 5.73 Å². The molecule has 0 spiro atoms. The van der Waals surface area contributed by atoms with Crippen molar-refractivity contribution in [1.29, 1.82) is 0 Å². The molecule has 1 aliphatic rings. The topological polar surface area (TPSA) is 84.2 Å². The van der Waals surface area contributed by atoms with Gasteiger partial charge in [0.25, 0.3) is 5.91 Å². The summed E-state index contributed by atoms with van der Waals surface area (Å²) in [6, 6.07) is 5.30. The lowest BCUT2D eigenvalue weighted by Gasteiger charge is -2.21. The van der Waals surface area contributed by atoms with E-state index < -0.39 is 0 Å². The highest BCUT2D eigenvalue weighted by molar-refractivity contribution is 8.00. The van der Waals surface area contributed by atoms with Gasteiger partial charge in [0.15, 0.2) is 0 Å². The standard InChI is InChI=1S/C12H15N3O2S/c1-7-11(16)15-9-6-8(2-3-10(9)18-7)12(17)14-5-4-13/h2-3,6-7H,4-5,13H2,1H3,(H,14,17)(H,15,16). The number of benzene rings is 1. The minimum atomic E-state index is -0.180. The maximum atomic E-state index is 11.7. The first-order chi connectivity index (χ1) is 8.61. The molecule has 0 bridgehead atoms. The molecule has 1 aromatic carbocycles. The molecule has 1 heterocycles. The highest BCUT2D eigenvalue weighted by atomic mass is 32.2. The van der Waals surface area contributed by atoms with E-state index in [-0.39, 0.29) is 17.1 Å². The van der Waals surface area contributed by atoms with Gasteiger partial charge in [-0.2, -0.15) is 0 Å². The van der Waals surface area contributed by atoms with E-state index >= 15 is 0 Å². The Morgan fingerprint density at radius 3 is 3.06 bits per heavy atom. The van der Waals surface area contributed by atoms with Crippen molar-refractivity contribution in [2.45, 2.75) is 17.1 Å². The Bertz CT molecular complexity index is 490. The van der Waals surface area contributed by atoms with E-state index in [0.717, 1.165) is 4.90 Å². The molecule has 1 aliphatic heterocycles. The van der Waals surface area contributed by atoms with Crippen LogP contribution in [-0.4, -0.2) is 30.2 Å². The van der Waals surface area contributed by atoms with E-state index in [1.165, 1.54) is 11.8 Å². The molecule has 6 heteroatoms. The first-order valence-electron chi connectivity index (χ1n) is 5.71. The van der Waals surface area contributed by atoms with Gasteiger partial charge >= 0.3 is 0 Å². The molecule has 0 saturated heterocycles. The number of fused-ring (bicyclic) bond motifs is 1. The molecule has 4 N–H and O–H groups in total. The van der Waals surface area contributed by atoms with Gasteiger partial charge in [-0.1, -0.05) is 0 Å². The average molecular weight is 265 g/mol. The summed E-state index contributed by atoms with van der Waals surface area (Å²) in [5.74, 6) is -0.215.